The molecule has 4 saturated carbocycles. The van der Waals surface area contributed by atoms with E-state index in [-0.39, 0.29) is 63.0 Å². The van der Waals surface area contributed by atoms with Crippen LogP contribution in [0, 0.1) is 50.2 Å². The van der Waals surface area contributed by atoms with Crippen LogP contribution in [0.5, 0.6) is 0 Å². The van der Waals surface area contributed by atoms with Crippen LogP contribution in [-0.4, -0.2) is 35.4 Å². The summed E-state index contributed by atoms with van der Waals surface area (Å²) in [7, 11) is 0. The molecule has 52 heavy (non-hydrogen) atoms. The van der Waals surface area contributed by atoms with Gasteiger partial charge in [0, 0.05) is 6.42 Å². The van der Waals surface area contributed by atoms with Crippen LogP contribution in [0.3, 0.4) is 0 Å². The van der Waals surface area contributed by atoms with E-state index in [0.29, 0.717) is 18.9 Å². The Kier molecular flexibility index (Phi) is 8.94. The molecular weight excluding hydrogens is 652 g/mol. The monoisotopic (exact) mass is 708 g/mol. The van der Waals surface area contributed by atoms with Crippen LogP contribution in [0.1, 0.15) is 132 Å². The summed E-state index contributed by atoms with van der Waals surface area (Å²) >= 11 is 0. The van der Waals surface area contributed by atoms with Crippen LogP contribution in [0.25, 0.3) is 0 Å². The second-order valence-electron chi connectivity index (χ2n) is 18.7. The molecule has 8 atom stereocenters. The van der Waals surface area contributed by atoms with E-state index in [4.69, 9.17) is 9.47 Å². The quantitative estimate of drug-likeness (QED) is 0.226. The van der Waals surface area contributed by atoms with E-state index in [1.807, 2.05) is 37.3 Å². The molecule has 0 heterocycles. The topological polar surface area (TPSA) is 107 Å². The summed E-state index contributed by atoms with van der Waals surface area (Å²) in [5, 5.41) is 9.66. The molecule has 278 valence electrons. The minimum atomic E-state index is -1.19. The molecule has 0 unspecified atom stereocenters. The van der Waals surface area contributed by atoms with Crippen molar-refractivity contribution in [1.29, 1.82) is 0 Å². The third-order valence-corrected chi connectivity index (χ3v) is 15.7. The first-order valence-corrected chi connectivity index (χ1v) is 19.5. The lowest BCUT2D eigenvalue weighted by atomic mass is 9.33. The number of esters is 2. The molecule has 0 aliphatic heterocycles. The van der Waals surface area contributed by atoms with E-state index < -0.39 is 22.8 Å². The van der Waals surface area contributed by atoms with Gasteiger partial charge in [-0.1, -0.05) is 88.7 Å². The number of Topliss-reactive ketones (excluding diaryl/α,β-unsaturated/α-hetero) is 1. The number of carbonyl (C=O) groups excluding carboxylic acids is 3. The van der Waals surface area contributed by atoms with Gasteiger partial charge >= 0.3 is 17.9 Å². The highest BCUT2D eigenvalue weighted by Gasteiger charge is 2.70. The number of aromatic carboxylic acids is 1. The van der Waals surface area contributed by atoms with Gasteiger partial charge in [0.2, 0.25) is 0 Å². The molecule has 5 aliphatic rings. The van der Waals surface area contributed by atoms with Crippen molar-refractivity contribution >= 4 is 23.7 Å². The lowest BCUT2D eigenvalue weighted by Crippen LogP contribution is -2.65. The highest BCUT2D eigenvalue weighted by molar-refractivity contribution is 6.02. The van der Waals surface area contributed by atoms with Crippen molar-refractivity contribution in [2.75, 3.05) is 6.61 Å². The smallest absolute Gasteiger partial charge is 0.339 e. The van der Waals surface area contributed by atoms with Crippen LogP contribution in [-0.2, 0) is 25.7 Å². The number of carboxylic acids is 1. The number of fused-ring (bicyclic) bond motifs is 7. The summed E-state index contributed by atoms with van der Waals surface area (Å²) in [5.41, 5.74) is 0.805. The van der Waals surface area contributed by atoms with Gasteiger partial charge in [-0.3, -0.25) is 9.59 Å². The molecule has 2 aromatic rings. The van der Waals surface area contributed by atoms with Gasteiger partial charge in [-0.25, -0.2) is 9.59 Å². The standard InChI is InChI=1S/C45H56O7/c1-40(2)22-24-45(39(50)51-27-29-12-8-7-9-13-29)25-23-43(5)32(33(45)26-40)16-17-35-41(3)20-19-36(46)42(4,34(41)18-21-44(35,43)6)28-52-38(49)31-15-11-10-14-30(31)37(47)48/h7-16,33-35H,17-28H2,1-6H3,(H,47,48)/t33-,34+,35+,41-,42-,43+,44+,45-/m0/s1. The fourth-order valence-electron chi connectivity index (χ4n) is 12.4. The van der Waals surface area contributed by atoms with Crippen molar-refractivity contribution in [3.8, 4) is 0 Å². The fourth-order valence-corrected chi connectivity index (χ4v) is 12.4. The third kappa shape index (κ3) is 5.50. The largest absolute Gasteiger partial charge is 0.478 e. The maximum atomic E-state index is 14.3. The molecule has 1 N–H and O–H groups in total. The van der Waals surface area contributed by atoms with E-state index in [1.165, 1.54) is 17.7 Å². The van der Waals surface area contributed by atoms with Crippen LogP contribution < -0.4 is 0 Å². The number of carboxylic acid groups (broad SMARTS) is 1. The first kappa shape index (κ1) is 36.6. The zero-order valence-corrected chi connectivity index (χ0v) is 31.9. The van der Waals surface area contributed by atoms with Crippen molar-refractivity contribution in [3.05, 3.63) is 82.9 Å². The Bertz CT molecular complexity index is 1810. The van der Waals surface area contributed by atoms with Crippen molar-refractivity contribution in [2.24, 2.45) is 50.2 Å². The number of allylic oxidation sites excluding steroid dienone is 2. The van der Waals surface area contributed by atoms with Gasteiger partial charge in [0.15, 0.2) is 0 Å². The Morgan fingerprint density at radius 1 is 0.788 bits per heavy atom. The van der Waals surface area contributed by atoms with Gasteiger partial charge in [0.25, 0.3) is 0 Å². The minimum absolute atomic E-state index is 0.00178. The van der Waals surface area contributed by atoms with Crippen molar-refractivity contribution in [1.82, 2.24) is 0 Å². The Hall–Kier alpha value is -3.74. The molecule has 5 aliphatic carbocycles. The van der Waals surface area contributed by atoms with Crippen LogP contribution in [0.4, 0.5) is 0 Å². The van der Waals surface area contributed by atoms with E-state index in [1.54, 1.807) is 12.1 Å². The van der Waals surface area contributed by atoms with E-state index in [9.17, 15) is 24.3 Å². The predicted molar refractivity (Wildman–Crippen MR) is 198 cm³/mol. The lowest BCUT2D eigenvalue weighted by Gasteiger charge is -2.70. The number of hydrogen-bond acceptors (Lipinski definition) is 6. The molecule has 4 fully saturated rings. The summed E-state index contributed by atoms with van der Waals surface area (Å²) < 4.78 is 12.1. The van der Waals surface area contributed by atoms with Crippen LogP contribution in [0.2, 0.25) is 0 Å². The average molecular weight is 709 g/mol. The average Bonchev–Trinajstić information content (AvgIpc) is 3.12. The summed E-state index contributed by atoms with van der Waals surface area (Å²) in [5.74, 6) is -1.34. The van der Waals surface area contributed by atoms with Crippen molar-refractivity contribution in [3.63, 3.8) is 0 Å². The van der Waals surface area contributed by atoms with E-state index >= 15 is 0 Å². The van der Waals surface area contributed by atoms with E-state index in [2.05, 4.69) is 40.7 Å². The SMILES string of the molecule is CC1(C)CC[C@]2(C(=O)OCc3ccccc3)CC[C@]3(C)C(=CC[C@@H]4[C@@]5(C)CCC(=O)[C@@](C)(COC(=O)c6ccccc6C(=O)O)[C@@H]5CC[C@]43C)[C@@H]2C1. The molecule has 7 rings (SSSR count). The molecule has 7 heteroatoms. The zero-order valence-electron chi connectivity index (χ0n) is 31.9. The maximum Gasteiger partial charge on any atom is 0.339 e. The Balaban J connectivity index is 1.18. The first-order valence-electron chi connectivity index (χ1n) is 19.5. The Labute approximate surface area is 308 Å². The summed E-state index contributed by atoms with van der Waals surface area (Å²) in [6.45, 7) is 14.3. The number of ketones is 1. The second kappa shape index (κ2) is 12.7. The number of ether oxygens (including phenoxy) is 2. The molecule has 2 aromatic carbocycles. The molecule has 0 radical (unpaired) electrons. The van der Waals surface area contributed by atoms with Gasteiger partial charge in [0.1, 0.15) is 19.0 Å². The number of hydrogen-bond donors (Lipinski definition) is 1. The van der Waals surface area contributed by atoms with Gasteiger partial charge in [-0.15, -0.1) is 0 Å². The molecule has 0 amide bonds. The normalized spacial score (nSPS) is 37.6. The number of carbonyl (C=O) groups is 4. The Morgan fingerprint density at radius 2 is 1.46 bits per heavy atom. The summed E-state index contributed by atoms with van der Waals surface area (Å²) in [6, 6.07) is 16.0. The molecule has 0 bridgehead atoms. The molecule has 7 nitrogen and oxygen atoms in total. The highest BCUT2D eigenvalue weighted by atomic mass is 16.5. The van der Waals surface area contributed by atoms with Crippen LogP contribution in [0.15, 0.2) is 66.2 Å². The zero-order chi connectivity index (χ0) is 37.3. The van der Waals surface area contributed by atoms with Gasteiger partial charge in [0.05, 0.1) is 22.0 Å². The minimum Gasteiger partial charge on any atom is -0.478 e. The summed E-state index contributed by atoms with van der Waals surface area (Å²) in [4.78, 5) is 53.3. The summed E-state index contributed by atoms with van der Waals surface area (Å²) in [6.07, 6.45) is 11.0. The molecule has 0 saturated heterocycles. The van der Waals surface area contributed by atoms with Crippen molar-refractivity contribution in [2.45, 2.75) is 112 Å². The van der Waals surface area contributed by atoms with E-state index in [0.717, 1.165) is 63.4 Å². The van der Waals surface area contributed by atoms with Gasteiger partial charge in [-0.2, -0.15) is 0 Å². The van der Waals surface area contributed by atoms with Gasteiger partial charge in [-0.05, 0) is 122 Å². The second-order valence-corrected chi connectivity index (χ2v) is 18.7. The van der Waals surface area contributed by atoms with Crippen molar-refractivity contribution < 1.29 is 33.8 Å². The molecule has 0 spiro atoms. The molecular formula is C45H56O7. The molecule has 0 aromatic heterocycles. The maximum absolute atomic E-state index is 14.3. The first-order chi connectivity index (χ1) is 24.5. The van der Waals surface area contributed by atoms with Crippen LogP contribution >= 0.6 is 0 Å². The third-order valence-electron chi connectivity index (χ3n) is 15.7. The highest BCUT2D eigenvalue weighted by Crippen LogP contribution is 2.75. The van der Waals surface area contributed by atoms with Gasteiger partial charge < -0.3 is 14.6 Å². The fraction of sp³-hybridized carbons (Fsp3) is 0.600. The number of rotatable bonds is 7. The number of benzene rings is 2. The predicted octanol–water partition coefficient (Wildman–Crippen LogP) is 9.64. The lowest BCUT2D eigenvalue weighted by molar-refractivity contribution is -0.196. The Morgan fingerprint density at radius 3 is 2.17 bits per heavy atom.